The van der Waals surface area contributed by atoms with Crippen molar-refractivity contribution < 1.29 is 4.39 Å². The van der Waals surface area contributed by atoms with Gasteiger partial charge in [0.1, 0.15) is 11.5 Å². The fourth-order valence-corrected chi connectivity index (χ4v) is 2.04. The van der Waals surface area contributed by atoms with E-state index in [1.165, 1.54) is 10.7 Å². The molecule has 0 saturated heterocycles. The summed E-state index contributed by atoms with van der Waals surface area (Å²) in [6, 6.07) is 4.97. The third kappa shape index (κ3) is 2.73. The highest BCUT2D eigenvalue weighted by molar-refractivity contribution is 9.10. The van der Waals surface area contributed by atoms with Crippen LogP contribution in [0.5, 0.6) is 0 Å². The fraction of sp³-hybridized carbons (Fsp3) is 0.250. The van der Waals surface area contributed by atoms with E-state index in [2.05, 4.69) is 21.0 Å². The van der Waals surface area contributed by atoms with E-state index in [0.717, 1.165) is 10.0 Å². The first-order valence-corrected chi connectivity index (χ1v) is 6.10. The summed E-state index contributed by atoms with van der Waals surface area (Å²) in [5.74, 6) is -0.293. The summed E-state index contributed by atoms with van der Waals surface area (Å²) in [6.07, 6.45) is 3.97. The van der Waals surface area contributed by atoms with E-state index < -0.39 is 0 Å². The molecule has 1 aromatic heterocycles. The monoisotopic (exact) mass is 297 g/mol. The highest BCUT2D eigenvalue weighted by Gasteiger charge is 2.12. The predicted molar refractivity (Wildman–Crippen MR) is 68.6 cm³/mol. The molecule has 0 aliphatic carbocycles. The summed E-state index contributed by atoms with van der Waals surface area (Å²) in [4.78, 5) is 0. The summed E-state index contributed by atoms with van der Waals surface area (Å²) in [7, 11) is 0. The van der Waals surface area contributed by atoms with Crippen molar-refractivity contribution in [2.75, 3.05) is 0 Å². The largest absolute Gasteiger partial charge is 0.328 e. The lowest BCUT2D eigenvalue weighted by atomic mass is 10.1. The maximum absolute atomic E-state index is 13.9. The van der Waals surface area contributed by atoms with Gasteiger partial charge in [0.25, 0.3) is 0 Å². The Morgan fingerprint density at radius 2 is 2.29 bits per heavy atom. The van der Waals surface area contributed by atoms with Gasteiger partial charge < -0.3 is 5.73 Å². The number of nitrogens with two attached hydrogens (primary N) is 1. The number of nitrogens with zero attached hydrogens (tertiary/aromatic N) is 2. The third-order valence-corrected chi connectivity index (χ3v) is 2.80. The van der Waals surface area contributed by atoms with Crippen LogP contribution in [0.3, 0.4) is 0 Å². The van der Waals surface area contributed by atoms with Crippen molar-refractivity contribution in [3.05, 3.63) is 46.4 Å². The average Bonchev–Trinajstić information content (AvgIpc) is 2.64. The molecular formula is C12H13BrFN3. The van der Waals surface area contributed by atoms with Crippen LogP contribution in [0.25, 0.3) is 5.69 Å². The number of hydrogen-bond donors (Lipinski definition) is 1. The van der Waals surface area contributed by atoms with Crippen LogP contribution in [0.15, 0.2) is 35.1 Å². The normalized spacial score (nSPS) is 12.7. The lowest BCUT2D eigenvalue weighted by molar-refractivity contribution is 0.603. The first kappa shape index (κ1) is 12.3. The summed E-state index contributed by atoms with van der Waals surface area (Å²) in [5.41, 5.74) is 7.09. The number of para-hydroxylation sites is 1. The molecule has 90 valence electrons. The summed E-state index contributed by atoms with van der Waals surface area (Å²) in [6.45, 7) is 1.90. The zero-order valence-corrected chi connectivity index (χ0v) is 11.0. The van der Waals surface area contributed by atoms with Gasteiger partial charge in [0.05, 0.1) is 10.7 Å². The predicted octanol–water partition coefficient (Wildman–Crippen LogP) is 2.66. The second-order valence-corrected chi connectivity index (χ2v) is 4.95. The first-order chi connectivity index (χ1) is 8.08. The van der Waals surface area contributed by atoms with Crippen LogP contribution in [0, 0.1) is 5.82 Å². The first-order valence-electron chi connectivity index (χ1n) is 5.31. The van der Waals surface area contributed by atoms with Gasteiger partial charge in [-0.2, -0.15) is 5.10 Å². The zero-order valence-electron chi connectivity index (χ0n) is 9.40. The molecule has 2 rings (SSSR count). The van der Waals surface area contributed by atoms with Crippen molar-refractivity contribution in [1.29, 1.82) is 0 Å². The van der Waals surface area contributed by atoms with Crippen molar-refractivity contribution in [1.82, 2.24) is 9.78 Å². The van der Waals surface area contributed by atoms with E-state index in [9.17, 15) is 4.39 Å². The second kappa shape index (κ2) is 4.98. The van der Waals surface area contributed by atoms with Crippen LogP contribution in [0.4, 0.5) is 4.39 Å². The highest BCUT2D eigenvalue weighted by atomic mass is 79.9. The smallest absolute Gasteiger partial charge is 0.149 e. The van der Waals surface area contributed by atoms with Crippen LogP contribution in [0.2, 0.25) is 0 Å². The minimum atomic E-state index is -0.293. The van der Waals surface area contributed by atoms with Gasteiger partial charge in [0, 0.05) is 12.2 Å². The lowest BCUT2D eigenvalue weighted by Crippen LogP contribution is -2.19. The van der Waals surface area contributed by atoms with Gasteiger partial charge in [-0.25, -0.2) is 9.07 Å². The molecule has 1 heterocycles. The van der Waals surface area contributed by atoms with E-state index in [-0.39, 0.29) is 11.9 Å². The summed E-state index contributed by atoms with van der Waals surface area (Å²) < 4.78 is 16.2. The molecule has 0 amide bonds. The highest BCUT2D eigenvalue weighted by Crippen LogP contribution is 2.21. The van der Waals surface area contributed by atoms with Crippen LogP contribution in [0.1, 0.15) is 12.5 Å². The van der Waals surface area contributed by atoms with Crippen LogP contribution >= 0.6 is 15.9 Å². The van der Waals surface area contributed by atoms with E-state index >= 15 is 0 Å². The van der Waals surface area contributed by atoms with Gasteiger partial charge in [-0.05, 0) is 40.9 Å². The molecule has 0 aliphatic rings. The van der Waals surface area contributed by atoms with E-state index in [0.29, 0.717) is 12.1 Å². The molecule has 1 aromatic carbocycles. The molecule has 0 radical (unpaired) electrons. The van der Waals surface area contributed by atoms with Gasteiger partial charge in [-0.1, -0.05) is 12.1 Å². The molecule has 0 bridgehead atoms. The van der Waals surface area contributed by atoms with E-state index in [1.807, 2.05) is 13.0 Å². The zero-order chi connectivity index (χ0) is 12.4. The fourth-order valence-electron chi connectivity index (χ4n) is 1.75. The number of rotatable bonds is 3. The van der Waals surface area contributed by atoms with Crippen molar-refractivity contribution in [2.24, 2.45) is 5.73 Å². The van der Waals surface area contributed by atoms with E-state index in [4.69, 9.17) is 5.73 Å². The van der Waals surface area contributed by atoms with Gasteiger partial charge in [0.15, 0.2) is 0 Å². The minimum absolute atomic E-state index is 0.0189. The number of benzene rings is 1. The summed E-state index contributed by atoms with van der Waals surface area (Å²) in [5, 5.41) is 4.10. The molecule has 17 heavy (non-hydrogen) atoms. The van der Waals surface area contributed by atoms with Crippen molar-refractivity contribution in [2.45, 2.75) is 19.4 Å². The molecule has 3 nitrogen and oxygen atoms in total. The molecule has 0 spiro atoms. The molecule has 1 atom stereocenters. The Morgan fingerprint density at radius 1 is 1.53 bits per heavy atom. The minimum Gasteiger partial charge on any atom is -0.328 e. The summed E-state index contributed by atoms with van der Waals surface area (Å²) >= 11 is 3.30. The standard InChI is InChI=1S/C12H13BrFN3/c1-8(15)5-9-3-2-4-11(14)12(9)17-7-10(13)6-16-17/h2-4,6-8H,5,15H2,1H3. The number of aromatic nitrogens is 2. The Kier molecular flexibility index (Phi) is 3.59. The topological polar surface area (TPSA) is 43.8 Å². The van der Waals surface area contributed by atoms with Crippen molar-refractivity contribution >= 4 is 15.9 Å². The Balaban J connectivity index is 2.50. The van der Waals surface area contributed by atoms with Crippen LogP contribution < -0.4 is 5.73 Å². The number of hydrogen-bond acceptors (Lipinski definition) is 2. The Labute approximate surface area is 108 Å². The van der Waals surface area contributed by atoms with Crippen LogP contribution in [-0.4, -0.2) is 15.8 Å². The van der Waals surface area contributed by atoms with Crippen molar-refractivity contribution in [3.8, 4) is 5.69 Å². The molecule has 0 fully saturated rings. The third-order valence-electron chi connectivity index (χ3n) is 2.39. The molecule has 0 aliphatic heterocycles. The Hall–Kier alpha value is -1.20. The maximum Gasteiger partial charge on any atom is 0.149 e. The van der Waals surface area contributed by atoms with Crippen molar-refractivity contribution in [3.63, 3.8) is 0 Å². The lowest BCUT2D eigenvalue weighted by Gasteiger charge is -2.12. The quantitative estimate of drug-likeness (QED) is 0.946. The Bertz CT molecular complexity index is 522. The Morgan fingerprint density at radius 3 is 2.88 bits per heavy atom. The van der Waals surface area contributed by atoms with Gasteiger partial charge in [-0.15, -0.1) is 0 Å². The van der Waals surface area contributed by atoms with Gasteiger partial charge >= 0.3 is 0 Å². The molecular weight excluding hydrogens is 285 g/mol. The van der Waals surface area contributed by atoms with Gasteiger partial charge in [0.2, 0.25) is 0 Å². The average molecular weight is 298 g/mol. The van der Waals surface area contributed by atoms with E-state index in [1.54, 1.807) is 18.5 Å². The molecule has 2 N–H and O–H groups in total. The SMILES string of the molecule is CC(N)Cc1cccc(F)c1-n1cc(Br)cn1. The number of halogens is 2. The molecule has 0 saturated carbocycles. The second-order valence-electron chi connectivity index (χ2n) is 4.03. The molecule has 5 heteroatoms. The molecule has 1 unspecified atom stereocenters. The van der Waals surface area contributed by atoms with Gasteiger partial charge in [-0.3, -0.25) is 0 Å². The molecule has 2 aromatic rings. The maximum atomic E-state index is 13.9. The van der Waals surface area contributed by atoms with Crippen LogP contribution in [-0.2, 0) is 6.42 Å².